The summed E-state index contributed by atoms with van der Waals surface area (Å²) >= 11 is 2.62. The molecule has 0 amide bonds. The van der Waals surface area contributed by atoms with Gasteiger partial charge in [0.15, 0.2) is 0 Å². The highest BCUT2D eigenvalue weighted by atomic mass is 127. The third-order valence-electron chi connectivity index (χ3n) is 1.05. The summed E-state index contributed by atoms with van der Waals surface area (Å²) in [5.74, 6) is -2.33. The number of benzene rings is 1. The number of hydrogen-bond donors (Lipinski definition) is 0. The van der Waals surface area contributed by atoms with Crippen LogP contribution < -0.4 is 0 Å². The first-order valence-electron chi connectivity index (χ1n) is 2.89. The van der Waals surface area contributed by atoms with Gasteiger partial charge in [0, 0.05) is 8.47 Å². The first-order chi connectivity index (χ1) is 5.20. The molecule has 11 heavy (non-hydrogen) atoms. The van der Waals surface area contributed by atoms with Crippen LogP contribution in [0.4, 0.5) is 8.78 Å². The fourth-order valence-corrected chi connectivity index (χ4v) is 1.93. The highest BCUT2D eigenvalue weighted by molar-refractivity contribution is 14.1. The normalized spacial score (nSPS) is 10.5. The van der Waals surface area contributed by atoms with Crippen molar-refractivity contribution in [3.05, 3.63) is 27.8 Å². The minimum absolute atomic E-state index is 0.584. The molecule has 0 N–H and O–H groups in total. The summed E-state index contributed by atoms with van der Waals surface area (Å²) in [7, 11) is 0. The molecule has 0 spiro atoms. The van der Waals surface area contributed by atoms with Gasteiger partial charge in [0.1, 0.15) is 0 Å². The Kier molecular flexibility index (Phi) is 3.58. The lowest BCUT2D eigenvalue weighted by Crippen LogP contribution is -1.83. The summed E-state index contributed by atoms with van der Waals surface area (Å²) in [4.78, 5) is 0.642. The molecule has 60 valence electrons. The summed E-state index contributed by atoms with van der Waals surface area (Å²) in [6.45, 7) is 0. The molecule has 0 saturated heterocycles. The molecule has 0 atom stereocenters. The van der Waals surface area contributed by atoms with Gasteiger partial charge in [-0.15, -0.1) is 0 Å². The molecule has 0 aliphatic carbocycles. The number of rotatable bonds is 2. The Morgan fingerprint density at radius 2 is 1.91 bits per heavy atom. The Morgan fingerprint density at radius 3 is 2.45 bits per heavy atom. The summed E-state index contributed by atoms with van der Waals surface area (Å²) in [6, 6.07) is 7.09. The predicted molar refractivity (Wildman–Crippen MR) is 51.0 cm³/mol. The fourth-order valence-electron chi connectivity index (χ4n) is 0.636. The van der Waals surface area contributed by atoms with E-state index in [0.717, 1.165) is 3.57 Å². The zero-order valence-corrected chi connectivity index (χ0v) is 8.40. The smallest absolute Gasteiger partial charge is 0.198 e. The Balaban J connectivity index is 2.78. The largest absolute Gasteiger partial charge is 0.288 e. The topological polar surface area (TPSA) is 0 Å². The standard InChI is InChI=1S/C7H5F2IS/c8-7(9)11-6-4-2-1-3-5(6)10/h1-4,7H. The van der Waals surface area contributed by atoms with E-state index in [9.17, 15) is 8.78 Å². The molecular formula is C7H5F2IS. The van der Waals surface area contributed by atoms with Gasteiger partial charge in [0.2, 0.25) is 0 Å². The van der Waals surface area contributed by atoms with E-state index in [1.807, 2.05) is 34.7 Å². The maximum atomic E-state index is 11.9. The predicted octanol–water partition coefficient (Wildman–Crippen LogP) is 3.61. The van der Waals surface area contributed by atoms with Crippen LogP contribution in [0.3, 0.4) is 0 Å². The molecule has 0 saturated carbocycles. The van der Waals surface area contributed by atoms with Crippen molar-refractivity contribution in [3.63, 3.8) is 0 Å². The molecule has 0 fully saturated rings. The lowest BCUT2D eigenvalue weighted by molar-refractivity contribution is 0.252. The molecule has 0 nitrogen and oxygen atoms in total. The summed E-state index contributed by atoms with van der Waals surface area (Å²) in [5.41, 5.74) is 0. The first kappa shape index (κ1) is 9.25. The van der Waals surface area contributed by atoms with Gasteiger partial charge in [-0.25, -0.2) is 0 Å². The molecule has 0 aliphatic heterocycles. The number of alkyl halides is 2. The van der Waals surface area contributed by atoms with Crippen molar-refractivity contribution in [1.82, 2.24) is 0 Å². The second kappa shape index (κ2) is 4.25. The maximum Gasteiger partial charge on any atom is 0.288 e. The maximum absolute atomic E-state index is 11.9. The third-order valence-corrected chi connectivity index (χ3v) is 3.15. The molecule has 0 bridgehead atoms. The van der Waals surface area contributed by atoms with E-state index in [1.165, 1.54) is 0 Å². The zero-order valence-electron chi connectivity index (χ0n) is 5.43. The van der Waals surface area contributed by atoms with E-state index in [4.69, 9.17) is 0 Å². The van der Waals surface area contributed by atoms with Gasteiger partial charge in [-0.2, -0.15) is 8.78 Å². The average Bonchev–Trinajstić information content (AvgIpc) is 1.93. The van der Waals surface area contributed by atoms with Crippen molar-refractivity contribution >= 4 is 34.4 Å². The Bertz CT molecular complexity index is 240. The Labute approximate surface area is 81.5 Å². The quantitative estimate of drug-likeness (QED) is 0.591. The van der Waals surface area contributed by atoms with Crippen LogP contribution in [0.5, 0.6) is 0 Å². The zero-order chi connectivity index (χ0) is 8.27. The summed E-state index contributed by atoms with van der Waals surface area (Å²) < 4.78 is 24.6. The molecule has 0 heterocycles. The van der Waals surface area contributed by atoms with Crippen molar-refractivity contribution in [3.8, 4) is 0 Å². The molecule has 0 aromatic heterocycles. The van der Waals surface area contributed by atoms with Crippen LogP contribution in [0, 0.1) is 3.57 Å². The molecule has 1 aromatic rings. The van der Waals surface area contributed by atoms with Gasteiger partial charge in [0.05, 0.1) is 0 Å². The lowest BCUT2D eigenvalue weighted by atomic mass is 10.4. The van der Waals surface area contributed by atoms with Crippen LogP contribution in [-0.2, 0) is 0 Å². The molecule has 1 aromatic carbocycles. The number of thioether (sulfide) groups is 1. The van der Waals surface area contributed by atoms with Crippen LogP contribution in [0.15, 0.2) is 29.2 Å². The van der Waals surface area contributed by atoms with Crippen LogP contribution in [0.2, 0.25) is 0 Å². The van der Waals surface area contributed by atoms with Crippen molar-refractivity contribution < 1.29 is 8.78 Å². The molecule has 0 radical (unpaired) electrons. The van der Waals surface area contributed by atoms with E-state index < -0.39 is 5.76 Å². The molecule has 0 aliphatic rings. The minimum atomic E-state index is -2.33. The minimum Gasteiger partial charge on any atom is -0.198 e. The van der Waals surface area contributed by atoms with Crippen molar-refractivity contribution in [2.45, 2.75) is 10.7 Å². The van der Waals surface area contributed by atoms with E-state index in [2.05, 4.69) is 0 Å². The van der Waals surface area contributed by atoms with Gasteiger partial charge in [-0.05, 0) is 34.7 Å². The van der Waals surface area contributed by atoms with Gasteiger partial charge >= 0.3 is 0 Å². The van der Waals surface area contributed by atoms with E-state index in [1.54, 1.807) is 12.1 Å². The van der Waals surface area contributed by atoms with Crippen LogP contribution in [0.1, 0.15) is 0 Å². The molecular weight excluding hydrogens is 281 g/mol. The molecule has 1 rings (SSSR count). The van der Waals surface area contributed by atoms with Crippen molar-refractivity contribution in [2.24, 2.45) is 0 Å². The highest BCUT2D eigenvalue weighted by Crippen LogP contribution is 2.28. The summed E-state index contributed by atoms with van der Waals surface area (Å²) in [5, 5.41) is 0. The van der Waals surface area contributed by atoms with Gasteiger partial charge in [-0.1, -0.05) is 23.9 Å². The lowest BCUT2D eigenvalue weighted by Gasteiger charge is -2.00. The Hall–Kier alpha value is 0.160. The Morgan fingerprint density at radius 1 is 1.27 bits per heavy atom. The van der Waals surface area contributed by atoms with Gasteiger partial charge in [-0.3, -0.25) is 0 Å². The first-order valence-corrected chi connectivity index (χ1v) is 4.85. The third kappa shape index (κ3) is 2.94. The number of halogens is 3. The van der Waals surface area contributed by atoms with Gasteiger partial charge < -0.3 is 0 Å². The average molecular weight is 286 g/mol. The summed E-state index contributed by atoms with van der Waals surface area (Å²) in [6.07, 6.45) is 0. The van der Waals surface area contributed by atoms with E-state index in [-0.39, 0.29) is 0 Å². The van der Waals surface area contributed by atoms with Crippen LogP contribution in [-0.4, -0.2) is 5.76 Å². The fraction of sp³-hybridized carbons (Fsp3) is 0.143. The molecule has 4 heteroatoms. The van der Waals surface area contributed by atoms with Crippen molar-refractivity contribution in [1.29, 1.82) is 0 Å². The highest BCUT2D eigenvalue weighted by Gasteiger charge is 2.06. The number of hydrogen-bond acceptors (Lipinski definition) is 1. The SMILES string of the molecule is FC(F)Sc1ccccc1I. The molecule has 0 unspecified atom stereocenters. The van der Waals surface area contributed by atoms with Crippen LogP contribution in [0.25, 0.3) is 0 Å². The van der Waals surface area contributed by atoms with Gasteiger partial charge in [0.25, 0.3) is 5.76 Å². The van der Waals surface area contributed by atoms with E-state index >= 15 is 0 Å². The monoisotopic (exact) mass is 286 g/mol. The van der Waals surface area contributed by atoms with Crippen LogP contribution >= 0.6 is 34.4 Å². The van der Waals surface area contributed by atoms with E-state index in [0.29, 0.717) is 16.7 Å². The second-order valence-electron chi connectivity index (χ2n) is 1.81. The second-order valence-corrected chi connectivity index (χ2v) is 4.00. The van der Waals surface area contributed by atoms with Crippen molar-refractivity contribution in [2.75, 3.05) is 0 Å².